The summed E-state index contributed by atoms with van der Waals surface area (Å²) in [6.07, 6.45) is 3.10. The minimum Gasteiger partial charge on any atom is -0.380 e. The minimum absolute atomic E-state index is 0.147. The molecule has 0 unspecified atom stereocenters. The Balaban J connectivity index is 1.54. The van der Waals surface area contributed by atoms with Crippen molar-refractivity contribution in [3.63, 3.8) is 0 Å². The Kier molecular flexibility index (Phi) is 6.69. The second-order valence-corrected chi connectivity index (χ2v) is 11.7. The van der Waals surface area contributed by atoms with E-state index in [9.17, 15) is 26.4 Å². The predicted molar refractivity (Wildman–Crippen MR) is 133 cm³/mol. The molecule has 192 valence electrons. The number of sulfonamides is 1. The fourth-order valence-electron chi connectivity index (χ4n) is 4.28. The quantitative estimate of drug-likeness (QED) is 0.513. The van der Waals surface area contributed by atoms with Crippen molar-refractivity contribution in [3.8, 4) is 0 Å². The standard InChI is InChI=1S/C24H18ClF3N4O3S2/c25-16-4-1-14(2-5-16)22(23-29-8-10-36-23)15-3-6-19-18(11-15)20(12-21(33)31-19)30-17-7-9-32(13-17)37(34,35)24(26,27)28/h1-6,8,10-12,17,30H,7,9,13H2/b22-15-/t17-/m0/s1. The van der Waals surface area contributed by atoms with Crippen LogP contribution in [0.25, 0.3) is 11.3 Å². The van der Waals surface area contributed by atoms with E-state index < -0.39 is 27.5 Å². The van der Waals surface area contributed by atoms with E-state index >= 15 is 0 Å². The Labute approximate surface area is 218 Å². The van der Waals surface area contributed by atoms with Crippen LogP contribution >= 0.6 is 22.9 Å². The summed E-state index contributed by atoms with van der Waals surface area (Å²) in [6.45, 7) is -0.655. The molecule has 5 rings (SSSR count). The van der Waals surface area contributed by atoms with Crippen molar-refractivity contribution in [2.45, 2.75) is 18.0 Å². The molecule has 0 spiro atoms. The van der Waals surface area contributed by atoms with Gasteiger partial charge in [-0.05, 0) is 41.5 Å². The first kappa shape index (κ1) is 25.6. The van der Waals surface area contributed by atoms with Crippen molar-refractivity contribution >= 4 is 50.1 Å². The molecule has 1 N–H and O–H groups in total. The van der Waals surface area contributed by atoms with Gasteiger partial charge in [0.15, 0.2) is 0 Å². The van der Waals surface area contributed by atoms with E-state index in [0.29, 0.717) is 25.9 Å². The van der Waals surface area contributed by atoms with Crippen LogP contribution in [0.2, 0.25) is 5.02 Å². The summed E-state index contributed by atoms with van der Waals surface area (Å²) >= 11 is 7.52. The molecule has 13 heteroatoms. The molecule has 1 fully saturated rings. The van der Waals surface area contributed by atoms with Gasteiger partial charge in [0, 0.05) is 58.6 Å². The molecule has 2 aliphatic heterocycles. The van der Waals surface area contributed by atoms with Gasteiger partial charge in [-0.1, -0.05) is 29.8 Å². The van der Waals surface area contributed by atoms with Gasteiger partial charge in [-0.3, -0.25) is 4.79 Å². The maximum atomic E-state index is 13.0. The highest BCUT2D eigenvalue weighted by Crippen LogP contribution is 2.30. The number of fused-ring (bicyclic) bond motifs is 1. The summed E-state index contributed by atoms with van der Waals surface area (Å²) in [5.74, 6) is -0.526. The van der Waals surface area contributed by atoms with Crippen LogP contribution in [0.4, 0.5) is 13.2 Å². The normalized spacial score (nSPS) is 19.2. The number of halogens is 4. The summed E-state index contributed by atoms with van der Waals surface area (Å²) in [4.78, 5) is 20.8. The monoisotopic (exact) mass is 566 g/mol. The summed E-state index contributed by atoms with van der Waals surface area (Å²) in [6, 6.07) is 12.0. The molecule has 1 aromatic heterocycles. The first-order valence-corrected chi connectivity index (χ1v) is 13.7. The van der Waals surface area contributed by atoms with Crippen LogP contribution < -0.4 is 15.9 Å². The van der Waals surface area contributed by atoms with E-state index in [0.717, 1.165) is 21.4 Å². The van der Waals surface area contributed by atoms with Gasteiger partial charge in [0.05, 0.1) is 5.36 Å². The lowest BCUT2D eigenvalue weighted by atomic mass is 10.00. The Bertz CT molecular complexity index is 1620. The van der Waals surface area contributed by atoms with Crippen molar-refractivity contribution in [2.75, 3.05) is 13.1 Å². The molecular formula is C24H18ClF3N4O3S2. The molecule has 37 heavy (non-hydrogen) atoms. The van der Waals surface area contributed by atoms with Crippen LogP contribution in [0, 0.1) is 0 Å². The van der Waals surface area contributed by atoms with Crippen LogP contribution in [0.3, 0.4) is 0 Å². The predicted octanol–water partition coefficient (Wildman–Crippen LogP) is 3.06. The van der Waals surface area contributed by atoms with Crippen molar-refractivity contribution in [2.24, 2.45) is 4.99 Å². The largest absolute Gasteiger partial charge is 0.511 e. The van der Waals surface area contributed by atoms with Crippen LogP contribution in [0.5, 0.6) is 0 Å². The van der Waals surface area contributed by atoms with Gasteiger partial charge in [-0.15, -0.1) is 11.3 Å². The number of rotatable bonds is 5. The number of carbonyl (C=O) groups is 1. The summed E-state index contributed by atoms with van der Waals surface area (Å²) < 4.78 is 63.0. The third kappa shape index (κ3) is 5.06. The Hall–Kier alpha value is -3.06. The number of amides is 1. The van der Waals surface area contributed by atoms with Gasteiger partial charge in [-0.2, -0.15) is 17.5 Å². The highest BCUT2D eigenvalue weighted by atomic mass is 35.5. The third-order valence-corrected chi connectivity index (χ3v) is 8.63. The topological polar surface area (TPSA) is 91.7 Å². The Morgan fingerprint density at radius 3 is 2.59 bits per heavy atom. The second kappa shape index (κ2) is 9.67. The van der Waals surface area contributed by atoms with Gasteiger partial charge in [0.1, 0.15) is 5.01 Å². The number of nitrogens with zero attached hydrogens (tertiary/aromatic N) is 3. The van der Waals surface area contributed by atoms with Gasteiger partial charge < -0.3 is 5.32 Å². The van der Waals surface area contributed by atoms with Crippen molar-refractivity contribution < 1.29 is 26.4 Å². The van der Waals surface area contributed by atoms with E-state index in [-0.39, 0.29) is 19.5 Å². The molecule has 1 atom stereocenters. The fraction of sp³-hybridized carbons (Fsp3) is 0.208. The summed E-state index contributed by atoms with van der Waals surface area (Å²) in [7, 11) is -5.43. The molecule has 0 aliphatic carbocycles. The number of benzene rings is 2. The van der Waals surface area contributed by atoms with Crippen LogP contribution in [0.1, 0.15) is 22.6 Å². The summed E-state index contributed by atoms with van der Waals surface area (Å²) in [5, 5.41) is 7.44. The first-order valence-electron chi connectivity index (χ1n) is 11.0. The van der Waals surface area contributed by atoms with Gasteiger partial charge >= 0.3 is 15.5 Å². The third-order valence-electron chi connectivity index (χ3n) is 6.00. The molecule has 0 saturated carbocycles. The smallest absolute Gasteiger partial charge is 0.380 e. The van der Waals surface area contributed by atoms with Crippen LogP contribution in [-0.4, -0.2) is 48.3 Å². The maximum Gasteiger partial charge on any atom is 0.511 e. The Morgan fingerprint density at radius 1 is 1.16 bits per heavy atom. The van der Waals surface area contributed by atoms with E-state index in [1.165, 1.54) is 17.4 Å². The zero-order valence-electron chi connectivity index (χ0n) is 18.9. The molecule has 0 radical (unpaired) electrons. The fourth-order valence-corrected chi connectivity index (χ4v) is 6.15. The van der Waals surface area contributed by atoms with Crippen molar-refractivity contribution in [3.05, 3.63) is 91.9 Å². The number of aromatic nitrogens is 1. The average Bonchev–Trinajstić information content (AvgIpc) is 3.53. The lowest BCUT2D eigenvalue weighted by Crippen LogP contribution is -2.41. The van der Waals surface area contributed by atoms with Crippen molar-refractivity contribution in [1.29, 1.82) is 0 Å². The average molecular weight is 567 g/mol. The number of carbonyl (C=O) groups excluding carboxylic acids is 1. The first-order chi connectivity index (χ1) is 17.5. The molecule has 2 aromatic carbocycles. The molecule has 3 aromatic rings. The number of hydrogen-bond acceptors (Lipinski definition) is 6. The second-order valence-electron chi connectivity index (χ2n) is 8.40. The number of nitrogens with one attached hydrogen (secondary N) is 1. The SMILES string of the molecule is O=C1C=C(N[C@H]2CCN(S(=O)(=O)C(F)(F)F)C2)c2c/c(=C(/c3ccc(Cl)cc3)c3nccs3)ccc2=N1. The van der Waals surface area contributed by atoms with Gasteiger partial charge in [0.2, 0.25) is 0 Å². The van der Waals surface area contributed by atoms with E-state index in [2.05, 4.69) is 15.3 Å². The van der Waals surface area contributed by atoms with Crippen LogP contribution in [-0.2, 0) is 14.8 Å². The highest BCUT2D eigenvalue weighted by molar-refractivity contribution is 7.90. The number of alkyl halides is 3. The zero-order valence-corrected chi connectivity index (χ0v) is 21.3. The van der Waals surface area contributed by atoms with Crippen molar-refractivity contribution in [1.82, 2.24) is 14.6 Å². The highest BCUT2D eigenvalue weighted by Gasteiger charge is 2.51. The summed E-state index contributed by atoms with van der Waals surface area (Å²) in [5.41, 5.74) is -2.74. The molecular weight excluding hydrogens is 549 g/mol. The lowest BCUT2D eigenvalue weighted by molar-refractivity contribution is -0.113. The lowest BCUT2D eigenvalue weighted by Gasteiger charge is -2.21. The maximum absolute atomic E-state index is 13.0. The van der Waals surface area contributed by atoms with Crippen LogP contribution in [0.15, 0.2) is 65.1 Å². The van der Waals surface area contributed by atoms with E-state index in [1.807, 2.05) is 29.6 Å². The van der Waals surface area contributed by atoms with E-state index in [4.69, 9.17) is 11.6 Å². The van der Waals surface area contributed by atoms with E-state index in [1.54, 1.807) is 24.4 Å². The number of thiazole rings is 1. The Morgan fingerprint density at radius 2 is 1.92 bits per heavy atom. The molecule has 3 heterocycles. The zero-order chi connectivity index (χ0) is 26.4. The number of hydrogen-bond donors (Lipinski definition) is 1. The molecule has 0 bridgehead atoms. The molecule has 1 saturated heterocycles. The molecule has 1 amide bonds. The minimum atomic E-state index is -5.43. The molecule has 2 aliphatic rings. The van der Waals surface area contributed by atoms with Gasteiger partial charge in [-0.25, -0.2) is 18.4 Å². The van der Waals surface area contributed by atoms with Gasteiger partial charge in [0.25, 0.3) is 5.91 Å². The molecule has 7 nitrogen and oxygen atoms in total.